The van der Waals surface area contributed by atoms with E-state index in [1.165, 1.54) is 5.56 Å². The topological polar surface area (TPSA) is 62.9 Å². The first kappa shape index (κ1) is 19.2. The van der Waals surface area contributed by atoms with Gasteiger partial charge in [-0.15, -0.1) is 24.0 Å². The average molecular weight is 418 g/mol. The summed E-state index contributed by atoms with van der Waals surface area (Å²) in [5.41, 5.74) is 8.09. The lowest BCUT2D eigenvalue weighted by Crippen LogP contribution is -2.36. The van der Waals surface area contributed by atoms with Crippen molar-refractivity contribution in [2.75, 3.05) is 44.7 Å². The van der Waals surface area contributed by atoms with Gasteiger partial charge in [-0.05, 0) is 44.0 Å². The Kier molecular flexibility index (Phi) is 9.42. The van der Waals surface area contributed by atoms with E-state index in [0.29, 0.717) is 5.96 Å². The molecule has 22 heavy (non-hydrogen) atoms. The largest absolute Gasteiger partial charge is 0.379 e. The van der Waals surface area contributed by atoms with Crippen LogP contribution < -0.4 is 11.1 Å². The summed E-state index contributed by atoms with van der Waals surface area (Å²) in [6.45, 7) is 7.81. The number of unbranched alkanes of at least 4 members (excludes halogenated alkanes) is 1. The highest BCUT2D eigenvalue weighted by Crippen LogP contribution is 2.08. The third-order valence-electron chi connectivity index (χ3n) is 3.56. The average Bonchev–Trinajstić information content (AvgIpc) is 2.48. The second-order valence-electron chi connectivity index (χ2n) is 5.42. The highest BCUT2D eigenvalue weighted by molar-refractivity contribution is 14.0. The van der Waals surface area contributed by atoms with Crippen LogP contribution in [0.3, 0.4) is 0 Å². The highest BCUT2D eigenvalue weighted by atomic mass is 127. The highest BCUT2D eigenvalue weighted by Gasteiger charge is 2.08. The molecular formula is C16H27IN4O. The Hall–Kier alpha value is -0.860. The lowest BCUT2D eigenvalue weighted by atomic mass is 10.2. The van der Waals surface area contributed by atoms with Crippen molar-refractivity contribution in [1.82, 2.24) is 4.90 Å². The van der Waals surface area contributed by atoms with E-state index in [2.05, 4.69) is 34.3 Å². The minimum atomic E-state index is 0. The Morgan fingerprint density at radius 3 is 2.82 bits per heavy atom. The van der Waals surface area contributed by atoms with Crippen molar-refractivity contribution in [3.63, 3.8) is 0 Å². The molecule has 5 nitrogen and oxygen atoms in total. The summed E-state index contributed by atoms with van der Waals surface area (Å²) >= 11 is 0. The van der Waals surface area contributed by atoms with Gasteiger partial charge in [-0.2, -0.15) is 0 Å². The first-order chi connectivity index (χ1) is 10.2. The second kappa shape index (κ2) is 10.8. The molecule has 0 atom stereocenters. The van der Waals surface area contributed by atoms with Gasteiger partial charge in [0, 0.05) is 25.3 Å². The molecule has 1 fully saturated rings. The molecule has 6 heteroatoms. The minimum Gasteiger partial charge on any atom is -0.379 e. The van der Waals surface area contributed by atoms with Crippen LogP contribution >= 0.6 is 24.0 Å². The zero-order chi connectivity index (χ0) is 14.9. The van der Waals surface area contributed by atoms with Crippen molar-refractivity contribution < 1.29 is 4.74 Å². The van der Waals surface area contributed by atoms with Gasteiger partial charge in [-0.1, -0.05) is 12.1 Å². The number of anilines is 1. The van der Waals surface area contributed by atoms with Crippen LogP contribution in [0.4, 0.5) is 5.69 Å². The normalized spacial score (nSPS) is 16.1. The molecule has 1 aliphatic heterocycles. The molecule has 1 aromatic rings. The summed E-state index contributed by atoms with van der Waals surface area (Å²) in [4.78, 5) is 6.82. The molecule has 0 bridgehead atoms. The maximum atomic E-state index is 5.89. The van der Waals surface area contributed by atoms with Gasteiger partial charge in [0.1, 0.15) is 0 Å². The molecule has 124 valence electrons. The van der Waals surface area contributed by atoms with E-state index in [9.17, 15) is 0 Å². The first-order valence-electron chi connectivity index (χ1n) is 7.68. The Balaban J connectivity index is 0.00000242. The third kappa shape index (κ3) is 7.42. The number of nitrogens with zero attached hydrogens (tertiary/aromatic N) is 2. The molecule has 0 aromatic heterocycles. The van der Waals surface area contributed by atoms with Crippen LogP contribution in [0.25, 0.3) is 0 Å². The number of hydrogen-bond donors (Lipinski definition) is 2. The number of aryl methyl sites for hydroxylation is 1. The summed E-state index contributed by atoms with van der Waals surface area (Å²) in [6, 6.07) is 8.12. The van der Waals surface area contributed by atoms with Crippen LogP contribution in [0.15, 0.2) is 29.3 Å². The first-order valence-corrected chi connectivity index (χ1v) is 7.68. The molecular weight excluding hydrogens is 391 g/mol. The van der Waals surface area contributed by atoms with E-state index >= 15 is 0 Å². The van der Waals surface area contributed by atoms with Gasteiger partial charge >= 0.3 is 0 Å². The smallest absolute Gasteiger partial charge is 0.193 e. The fourth-order valence-corrected chi connectivity index (χ4v) is 2.38. The Morgan fingerprint density at radius 1 is 1.32 bits per heavy atom. The summed E-state index contributed by atoms with van der Waals surface area (Å²) in [6.07, 6.45) is 2.22. The second-order valence-corrected chi connectivity index (χ2v) is 5.42. The van der Waals surface area contributed by atoms with Crippen LogP contribution in [-0.2, 0) is 4.74 Å². The zero-order valence-electron chi connectivity index (χ0n) is 13.3. The lowest BCUT2D eigenvalue weighted by Gasteiger charge is -2.26. The predicted octanol–water partition coefficient (Wildman–Crippen LogP) is 2.45. The molecule has 1 aromatic carbocycles. The monoisotopic (exact) mass is 418 g/mol. The van der Waals surface area contributed by atoms with Gasteiger partial charge in [0.15, 0.2) is 5.96 Å². The minimum absolute atomic E-state index is 0. The Morgan fingerprint density at radius 2 is 2.09 bits per heavy atom. The van der Waals surface area contributed by atoms with E-state index in [1.807, 2.05) is 12.1 Å². The number of hydrogen-bond acceptors (Lipinski definition) is 3. The summed E-state index contributed by atoms with van der Waals surface area (Å²) in [5, 5.41) is 3.12. The molecule has 0 amide bonds. The molecule has 1 aliphatic rings. The maximum Gasteiger partial charge on any atom is 0.193 e. The molecule has 0 saturated carbocycles. The van der Waals surface area contributed by atoms with Gasteiger partial charge in [-0.3, -0.25) is 9.89 Å². The van der Waals surface area contributed by atoms with Crippen molar-refractivity contribution in [3.05, 3.63) is 29.8 Å². The number of aliphatic imine (C=N–C) groups is 1. The Bertz CT molecular complexity index is 461. The van der Waals surface area contributed by atoms with Gasteiger partial charge < -0.3 is 15.8 Å². The number of benzene rings is 1. The quantitative estimate of drug-likeness (QED) is 0.323. The van der Waals surface area contributed by atoms with Gasteiger partial charge in [0.25, 0.3) is 0 Å². The maximum absolute atomic E-state index is 5.89. The number of rotatable bonds is 6. The molecule has 3 N–H and O–H groups in total. The van der Waals surface area contributed by atoms with Gasteiger partial charge in [0.05, 0.1) is 13.2 Å². The van der Waals surface area contributed by atoms with Crippen LogP contribution in [-0.4, -0.2) is 50.3 Å². The van der Waals surface area contributed by atoms with Crippen molar-refractivity contribution >= 4 is 35.6 Å². The number of halogens is 1. The molecule has 1 saturated heterocycles. The van der Waals surface area contributed by atoms with Gasteiger partial charge in [0.2, 0.25) is 0 Å². The molecule has 0 unspecified atom stereocenters. The van der Waals surface area contributed by atoms with E-state index in [-0.39, 0.29) is 24.0 Å². The summed E-state index contributed by atoms with van der Waals surface area (Å²) in [7, 11) is 0. The molecule has 0 radical (unpaired) electrons. The number of nitrogens with one attached hydrogen (secondary N) is 1. The number of morpholine rings is 1. The van der Waals surface area contributed by atoms with Crippen LogP contribution in [0.5, 0.6) is 0 Å². The number of nitrogens with two attached hydrogens (primary N) is 1. The summed E-state index contributed by atoms with van der Waals surface area (Å²) < 4.78 is 5.34. The van der Waals surface area contributed by atoms with E-state index in [4.69, 9.17) is 10.5 Å². The molecule has 0 spiro atoms. The van der Waals surface area contributed by atoms with Crippen molar-refractivity contribution in [2.24, 2.45) is 10.7 Å². The standard InChI is InChI=1S/C16H26N4O.HI/c1-14-5-4-6-15(13-14)19-16(17)18-7-2-3-8-20-9-11-21-12-10-20;/h4-6,13H,2-3,7-12H2,1H3,(H3,17,18,19);1H. The lowest BCUT2D eigenvalue weighted by molar-refractivity contribution is 0.0373. The van der Waals surface area contributed by atoms with Crippen LogP contribution in [0, 0.1) is 6.92 Å². The van der Waals surface area contributed by atoms with E-state index in [1.54, 1.807) is 0 Å². The number of ether oxygens (including phenoxy) is 1. The zero-order valence-corrected chi connectivity index (χ0v) is 15.6. The van der Waals surface area contributed by atoms with Crippen molar-refractivity contribution in [3.8, 4) is 0 Å². The SMILES string of the molecule is Cc1cccc(NC(N)=NCCCCN2CCOCC2)c1.I. The van der Waals surface area contributed by atoms with Crippen LogP contribution in [0.1, 0.15) is 18.4 Å². The van der Waals surface area contributed by atoms with Crippen LogP contribution in [0.2, 0.25) is 0 Å². The van der Waals surface area contributed by atoms with E-state index in [0.717, 1.165) is 57.9 Å². The molecule has 1 heterocycles. The Labute approximate surface area is 150 Å². The molecule has 0 aliphatic carbocycles. The predicted molar refractivity (Wildman–Crippen MR) is 103 cm³/mol. The van der Waals surface area contributed by atoms with E-state index < -0.39 is 0 Å². The van der Waals surface area contributed by atoms with Gasteiger partial charge in [-0.25, -0.2) is 0 Å². The van der Waals surface area contributed by atoms with Crippen molar-refractivity contribution in [1.29, 1.82) is 0 Å². The fraction of sp³-hybridized carbons (Fsp3) is 0.562. The summed E-state index contributed by atoms with van der Waals surface area (Å²) in [5.74, 6) is 0.493. The third-order valence-corrected chi connectivity index (χ3v) is 3.56. The van der Waals surface area contributed by atoms with Crippen molar-refractivity contribution in [2.45, 2.75) is 19.8 Å². The molecule has 2 rings (SSSR count). The fourth-order valence-electron chi connectivity index (χ4n) is 2.38. The number of guanidine groups is 1.